The van der Waals surface area contributed by atoms with E-state index in [0.29, 0.717) is 6.04 Å². The summed E-state index contributed by atoms with van der Waals surface area (Å²) in [5.41, 5.74) is 0.0312. The highest BCUT2D eigenvalue weighted by Gasteiger charge is 2.39. The van der Waals surface area contributed by atoms with E-state index < -0.39 is 0 Å². The van der Waals surface area contributed by atoms with Gasteiger partial charge in [0.05, 0.1) is 9.39 Å². The Bertz CT molecular complexity index is 374. The lowest BCUT2D eigenvalue weighted by atomic mass is 9.78. The van der Waals surface area contributed by atoms with Crippen LogP contribution in [0.3, 0.4) is 0 Å². The number of halogens is 1. The summed E-state index contributed by atoms with van der Waals surface area (Å²) in [4.78, 5) is 1.42. The molecule has 1 aliphatic rings. The first-order chi connectivity index (χ1) is 8.70. The van der Waals surface area contributed by atoms with Crippen molar-refractivity contribution in [1.82, 2.24) is 5.32 Å². The summed E-state index contributed by atoms with van der Waals surface area (Å²) >= 11 is 5.36. The summed E-state index contributed by atoms with van der Waals surface area (Å²) in [7, 11) is 3.93. The van der Waals surface area contributed by atoms with E-state index in [9.17, 15) is 0 Å². The SMILES string of the molecule is CNC(Cc1ccc(Br)s1)C1(OC)CCCCC1. The van der Waals surface area contributed by atoms with Crippen molar-refractivity contribution in [3.05, 3.63) is 20.8 Å². The van der Waals surface area contributed by atoms with E-state index in [2.05, 4.69) is 40.4 Å². The van der Waals surface area contributed by atoms with Gasteiger partial charge in [0, 0.05) is 18.0 Å². The smallest absolute Gasteiger partial charge is 0.0834 e. The van der Waals surface area contributed by atoms with Gasteiger partial charge in [-0.3, -0.25) is 0 Å². The second kappa shape index (κ2) is 6.51. The molecule has 1 unspecified atom stereocenters. The van der Waals surface area contributed by atoms with Gasteiger partial charge >= 0.3 is 0 Å². The molecule has 2 nitrogen and oxygen atoms in total. The molecule has 1 N–H and O–H groups in total. The monoisotopic (exact) mass is 331 g/mol. The molecule has 0 saturated heterocycles. The van der Waals surface area contributed by atoms with Crippen LogP contribution in [-0.2, 0) is 11.2 Å². The molecule has 18 heavy (non-hydrogen) atoms. The number of hydrogen-bond donors (Lipinski definition) is 1. The van der Waals surface area contributed by atoms with Crippen LogP contribution in [0.5, 0.6) is 0 Å². The Morgan fingerprint density at radius 3 is 2.61 bits per heavy atom. The van der Waals surface area contributed by atoms with Gasteiger partial charge in [-0.1, -0.05) is 19.3 Å². The maximum absolute atomic E-state index is 5.94. The van der Waals surface area contributed by atoms with Gasteiger partial charge < -0.3 is 10.1 Å². The molecule has 1 aliphatic carbocycles. The van der Waals surface area contributed by atoms with E-state index in [1.807, 2.05) is 18.4 Å². The Morgan fingerprint density at radius 2 is 2.11 bits per heavy atom. The van der Waals surface area contributed by atoms with Crippen LogP contribution >= 0.6 is 27.3 Å². The number of likely N-dealkylation sites (N-methyl/N-ethyl adjacent to an activating group) is 1. The zero-order valence-electron chi connectivity index (χ0n) is 11.2. The van der Waals surface area contributed by atoms with Crippen molar-refractivity contribution in [3.8, 4) is 0 Å². The van der Waals surface area contributed by atoms with Gasteiger partial charge in [-0.25, -0.2) is 0 Å². The molecular formula is C14H22BrNOS. The zero-order valence-corrected chi connectivity index (χ0v) is 13.6. The molecule has 1 saturated carbocycles. The molecule has 102 valence electrons. The predicted molar refractivity (Wildman–Crippen MR) is 81.4 cm³/mol. The Labute approximate surface area is 122 Å². The van der Waals surface area contributed by atoms with E-state index in [1.165, 1.54) is 40.8 Å². The van der Waals surface area contributed by atoms with Crippen LogP contribution in [0.2, 0.25) is 0 Å². The summed E-state index contributed by atoms with van der Waals surface area (Å²) in [6.45, 7) is 0. The van der Waals surface area contributed by atoms with Crippen molar-refractivity contribution in [1.29, 1.82) is 0 Å². The quantitative estimate of drug-likeness (QED) is 0.880. The summed E-state index contributed by atoms with van der Waals surface area (Å²) in [6, 6.07) is 4.76. The average molecular weight is 332 g/mol. The first-order valence-electron chi connectivity index (χ1n) is 6.67. The summed E-state index contributed by atoms with van der Waals surface area (Å²) in [6.07, 6.45) is 7.36. The van der Waals surface area contributed by atoms with Crippen molar-refractivity contribution >= 4 is 27.3 Å². The lowest BCUT2D eigenvalue weighted by molar-refractivity contribution is -0.0655. The molecule has 1 heterocycles. The maximum Gasteiger partial charge on any atom is 0.0834 e. The molecule has 1 atom stereocenters. The van der Waals surface area contributed by atoms with E-state index >= 15 is 0 Å². The third-order valence-electron chi connectivity index (χ3n) is 4.12. The van der Waals surface area contributed by atoms with Crippen LogP contribution in [-0.4, -0.2) is 25.8 Å². The normalized spacial score (nSPS) is 20.8. The number of ether oxygens (including phenoxy) is 1. The van der Waals surface area contributed by atoms with Gasteiger partial charge in [-0.15, -0.1) is 11.3 Å². The molecule has 2 rings (SSSR count). The summed E-state index contributed by atoms with van der Waals surface area (Å²) in [5, 5.41) is 3.49. The van der Waals surface area contributed by atoms with E-state index in [4.69, 9.17) is 4.74 Å². The fourth-order valence-electron chi connectivity index (χ4n) is 3.06. The Balaban J connectivity index is 2.10. The summed E-state index contributed by atoms with van der Waals surface area (Å²) in [5.74, 6) is 0. The van der Waals surface area contributed by atoms with Gasteiger partial charge in [-0.2, -0.15) is 0 Å². The van der Waals surface area contributed by atoms with Gasteiger partial charge in [0.25, 0.3) is 0 Å². The van der Waals surface area contributed by atoms with E-state index in [-0.39, 0.29) is 5.60 Å². The van der Waals surface area contributed by atoms with Crippen LogP contribution in [0.4, 0.5) is 0 Å². The summed E-state index contributed by atoms with van der Waals surface area (Å²) < 4.78 is 7.15. The number of rotatable bonds is 5. The Hall–Kier alpha value is 0.1000. The molecule has 1 fully saturated rings. The average Bonchev–Trinajstić information content (AvgIpc) is 2.82. The minimum absolute atomic E-state index is 0.0312. The van der Waals surface area contributed by atoms with Gasteiger partial charge in [0.2, 0.25) is 0 Å². The topological polar surface area (TPSA) is 21.3 Å². The molecule has 0 aliphatic heterocycles. The number of hydrogen-bond acceptors (Lipinski definition) is 3. The molecule has 0 spiro atoms. The van der Waals surface area contributed by atoms with Crippen molar-refractivity contribution in [3.63, 3.8) is 0 Å². The van der Waals surface area contributed by atoms with Gasteiger partial charge in [0.15, 0.2) is 0 Å². The largest absolute Gasteiger partial charge is 0.377 e. The third-order valence-corrected chi connectivity index (χ3v) is 5.77. The Kier molecular flexibility index (Phi) is 5.24. The zero-order chi connectivity index (χ0) is 13.0. The highest BCUT2D eigenvalue weighted by Crippen LogP contribution is 2.36. The fraction of sp³-hybridized carbons (Fsp3) is 0.714. The molecule has 1 aromatic rings. The van der Waals surface area contributed by atoms with E-state index in [0.717, 1.165) is 6.42 Å². The van der Waals surface area contributed by atoms with Crippen molar-refractivity contribution in [2.45, 2.75) is 50.2 Å². The molecule has 0 bridgehead atoms. The van der Waals surface area contributed by atoms with Crippen LogP contribution < -0.4 is 5.32 Å². The highest BCUT2D eigenvalue weighted by molar-refractivity contribution is 9.11. The molecule has 0 radical (unpaired) electrons. The van der Waals surface area contributed by atoms with Crippen LogP contribution in [0, 0.1) is 0 Å². The number of thiophene rings is 1. The minimum atomic E-state index is 0.0312. The fourth-order valence-corrected chi connectivity index (χ4v) is 4.59. The van der Waals surface area contributed by atoms with Gasteiger partial charge in [-0.05, 0) is 54.4 Å². The molecule has 0 amide bonds. The van der Waals surface area contributed by atoms with Crippen molar-refractivity contribution < 1.29 is 4.74 Å². The van der Waals surface area contributed by atoms with Crippen molar-refractivity contribution in [2.24, 2.45) is 0 Å². The standard InChI is InChI=1S/C14H22BrNOS/c1-16-12(10-11-6-7-13(15)18-11)14(17-2)8-4-3-5-9-14/h6-7,12,16H,3-5,8-10H2,1-2H3. The Morgan fingerprint density at radius 1 is 1.39 bits per heavy atom. The lowest BCUT2D eigenvalue weighted by Crippen LogP contribution is -2.53. The second-order valence-electron chi connectivity index (χ2n) is 5.08. The lowest BCUT2D eigenvalue weighted by Gasteiger charge is -2.42. The molecule has 0 aromatic carbocycles. The van der Waals surface area contributed by atoms with Crippen LogP contribution in [0.25, 0.3) is 0 Å². The molecule has 4 heteroatoms. The van der Waals surface area contributed by atoms with Gasteiger partial charge in [0.1, 0.15) is 0 Å². The van der Waals surface area contributed by atoms with E-state index in [1.54, 1.807) is 0 Å². The maximum atomic E-state index is 5.94. The second-order valence-corrected chi connectivity index (χ2v) is 7.63. The first kappa shape index (κ1) is 14.5. The first-order valence-corrected chi connectivity index (χ1v) is 8.28. The minimum Gasteiger partial charge on any atom is -0.377 e. The van der Waals surface area contributed by atoms with Crippen LogP contribution in [0.15, 0.2) is 15.9 Å². The van der Waals surface area contributed by atoms with Crippen LogP contribution in [0.1, 0.15) is 37.0 Å². The third kappa shape index (κ3) is 3.16. The number of methoxy groups -OCH3 is 1. The van der Waals surface area contributed by atoms with Crippen molar-refractivity contribution in [2.75, 3.05) is 14.2 Å². The highest BCUT2D eigenvalue weighted by atomic mass is 79.9. The number of nitrogens with one attached hydrogen (secondary N) is 1. The molecule has 1 aromatic heterocycles. The molecular weight excluding hydrogens is 310 g/mol. The predicted octanol–water partition coefficient (Wildman–Crippen LogP) is 3.99.